The van der Waals surface area contributed by atoms with E-state index in [2.05, 4.69) is 15.0 Å². The highest BCUT2D eigenvalue weighted by atomic mass is 19.1. The van der Waals surface area contributed by atoms with Gasteiger partial charge >= 0.3 is 0 Å². The first kappa shape index (κ1) is 20.5. The van der Waals surface area contributed by atoms with Gasteiger partial charge < -0.3 is 9.42 Å². The normalized spacial score (nSPS) is 17.1. The summed E-state index contributed by atoms with van der Waals surface area (Å²) in [6, 6.07) is 4.99. The highest BCUT2D eigenvalue weighted by Crippen LogP contribution is 2.28. The molecule has 0 saturated carbocycles. The number of piperidine rings is 1. The van der Waals surface area contributed by atoms with Gasteiger partial charge in [-0.05, 0) is 77.4 Å². The van der Waals surface area contributed by atoms with Crippen LogP contribution in [0.4, 0.5) is 4.39 Å². The number of carbonyl (C=O) groups is 1. The van der Waals surface area contributed by atoms with Gasteiger partial charge in [-0.25, -0.2) is 4.39 Å². The second-order valence-electron chi connectivity index (χ2n) is 7.95. The third-order valence-corrected chi connectivity index (χ3v) is 5.76. The number of hydrogen-bond donors (Lipinski definition) is 0. The predicted molar refractivity (Wildman–Crippen MR) is 105 cm³/mol. The number of benzene rings is 1. The molecule has 3 rings (SSSR count). The first-order valence-corrected chi connectivity index (χ1v) is 9.88. The standard InChI is InChI=1S/C21H29FN4O2/c1-13(2)25(5)21(27)16-8-10-26(11-9-16)15(4)20-23-19(24-28-20)17-6-7-18(22)14(3)12-17/h6-7,12-13,15-16H,8-11H2,1-5H3. The lowest BCUT2D eigenvalue weighted by Gasteiger charge is -2.36. The van der Waals surface area contributed by atoms with Crippen molar-refractivity contribution in [2.75, 3.05) is 20.1 Å². The third kappa shape index (κ3) is 4.24. The van der Waals surface area contributed by atoms with Crippen molar-refractivity contribution in [1.82, 2.24) is 19.9 Å². The first-order valence-electron chi connectivity index (χ1n) is 9.88. The van der Waals surface area contributed by atoms with Gasteiger partial charge in [-0.1, -0.05) is 5.16 Å². The fourth-order valence-electron chi connectivity index (χ4n) is 3.54. The topological polar surface area (TPSA) is 62.5 Å². The molecule has 1 aromatic heterocycles. The summed E-state index contributed by atoms with van der Waals surface area (Å²) < 4.78 is 19.0. The fourth-order valence-corrected chi connectivity index (χ4v) is 3.54. The van der Waals surface area contributed by atoms with Gasteiger partial charge in [0, 0.05) is 24.6 Å². The second kappa shape index (κ2) is 8.39. The molecule has 1 aliphatic heterocycles. The minimum Gasteiger partial charge on any atom is -0.343 e. The van der Waals surface area contributed by atoms with Crippen LogP contribution in [-0.4, -0.2) is 52.0 Å². The Balaban J connectivity index is 1.63. The van der Waals surface area contributed by atoms with E-state index in [1.807, 2.05) is 32.7 Å². The van der Waals surface area contributed by atoms with Crippen LogP contribution in [0.15, 0.2) is 22.7 Å². The average molecular weight is 388 g/mol. The Hall–Kier alpha value is -2.28. The minimum absolute atomic E-state index is 0.0262. The van der Waals surface area contributed by atoms with Crippen LogP contribution >= 0.6 is 0 Å². The van der Waals surface area contributed by atoms with E-state index in [0.29, 0.717) is 17.3 Å². The zero-order valence-corrected chi connectivity index (χ0v) is 17.3. The van der Waals surface area contributed by atoms with E-state index in [0.717, 1.165) is 31.5 Å². The van der Waals surface area contributed by atoms with Crippen LogP contribution < -0.4 is 0 Å². The van der Waals surface area contributed by atoms with Crippen molar-refractivity contribution >= 4 is 5.91 Å². The van der Waals surface area contributed by atoms with Gasteiger partial charge in [0.05, 0.1) is 6.04 Å². The van der Waals surface area contributed by atoms with Crippen LogP contribution in [0.1, 0.15) is 51.1 Å². The molecule has 6 nitrogen and oxygen atoms in total. The largest absolute Gasteiger partial charge is 0.343 e. The van der Waals surface area contributed by atoms with Crippen LogP contribution in [0.25, 0.3) is 11.4 Å². The highest BCUT2D eigenvalue weighted by molar-refractivity contribution is 5.79. The third-order valence-electron chi connectivity index (χ3n) is 5.76. The molecule has 1 unspecified atom stereocenters. The van der Waals surface area contributed by atoms with Gasteiger partial charge in [0.2, 0.25) is 17.6 Å². The van der Waals surface area contributed by atoms with E-state index >= 15 is 0 Å². The molecule has 1 fully saturated rings. The molecule has 152 valence electrons. The van der Waals surface area contributed by atoms with Crippen molar-refractivity contribution in [2.45, 2.75) is 52.6 Å². The smallest absolute Gasteiger partial charge is 0.244 e. The zero-order chi connectivity index (χ0) is 20.4. The van der Waals surface area contributed by atoms with Crippen molar-refractivity contribution in [3.63, 3.8) is 0 Å². The van der Waals surface area contributed by atoms with Crippen LogP contribution in [0.2, 0.25) is 0 Å². The van der Waals surface area contributed by atoms with Crippen molar-refractivity contribution < 1.29 is 13.7 Å². The summed E-state index contributed by atoms with van der Waals surface area (Å²) in [7, 11) is 1.87. The predicted octanol–water partition coefficient (Wildman–Crippen LogP) is 3.82. The van der Waals surface area contributed by atoms with E-state index < -0.39 is 0 Å². The summed E-state index contributed by atoms with van der Waals surface area (Å²) in [5.41, 5.74) is 1.29. The SMILES string of the molecule is Cc1cc(-c2noc(C(C)N3CCC(C(=O)N(C)C(C)C)CC3)n2)ccc1F. The molecule has 0 N–H and O–H groups in total. The molecule has 2 heterocycles. The average Bonchev–Trinajstić information content (AvgIpc) is 3.18. The number of carbonyl (C=O) groups excluding carboxylic acids is 1. The molecule has 1 saturated heterocycles. The maximum absolute atomic E-state index is 13.5. The lowest BCUT2D eigenvalue weighted by molar-refractivity contribution is -0.137. The Morgan fingerprint density at radius 1 is 1.29 bits per heavy atom. The maximum Gasteiger partial charge on any atom is 0.244 e. The maximum atomic E-state index is 13.5. The Morgan fingerprint density at radius 2 is 1.96 bits per heavy atom. The van der Waals surface area contributed by atoms with Gasteiger partial charge in [-0.15, -0.1) is 0 Å². The molecule has 0 bridgehead atoms. The number of likely N-dealkylation sites (tertiary alicyclic amines) is 1. The number of halogens is 1. The minimum atomic E-state index is -0.249. The van der Waals surface area contributed by atoms with Crippen LogP contribution in [-0.2, 0) is 4.79 Å². The summed E-state index contributed by atoms with van der Waals surface area (Å²) in [5.74, 6) is 1.07. The van der Waals surface area contributed by atoms with Crippen LogP contribution in [0, 0.1) is 18.7 Å². The Bertz CT molecular complexity index is 828. The van der Waals surface area contributed by atoms with E-state index in [1.54, 1.807) is 19.1 Å². The van der Waals surface area contributed by atoms with Crippen LogP contribution in [0.3, 0.4) is 0 Å². The van der Waals surface area contributed by atoms with Gasteiger partial charge in [0.25, 0.3) is 0 Å². The van der Waals surface area contributed by atoms with Crippen molar-refractivity contribution in [3.05, 3.63) is 35.5 Å². The summed E-state index contributed by atoms with van der Waals surface area (Å²) in [6.45, 7) is 9.45. The van der Waals surface area contributed by atoms with E-state index in [9.17, 15) is 9.18 Å². The van der Waals surface area contributed by atoms with Crippen molar-refractivity contribution in [1.29, 1.82) is 0 Å². The summed E-state index contributed by atoms with van der Waals surface area (Å²) >= 11 is 0. The highest BCUT2D eigenvalue weighted by Gasteiger charge is 2.31. The number of rotatable bonds is 5. The molecule has 1 aromatic carbocycles. The fraction of sp³-hybridized carbons (Fsp3) is 0.571. The van der Waals surface area contributed by atoms with Gasteiger partial charge in [0.15, 0.2) is 0 Å². The monoisotopic (exact) mass is 388 g/mol. The molecular weight excluding hydrogens is 359 g/mol. The molecular formula is C21H29FN4O2. The van der Waals surface area contributed by atoms with Gasteiger partial charge in [0.1, 0.15) is 5.82 Å². The molecule has 7 heteroatoms. The van der Waals surface area contributed by atoms with E-state index in [1.165, 1.54) is 6.07 Å². The first-order chi connectivity index (χ1) is 13.3. The summed E-state index contributed by atoms with van der Waals surface area (Å²) in [5, 5.41) is 4.06. The summed E-state index contributed by atoms with van der Waals surface area (Å²) in [4.78, 5) is 21.2. The number of hydrogen-bond acceptors (Lipinski definition) is 5. The molecule has 0 radical (unpaired) electrons. The molecule has 0 spiro atoms. The van der Waals surface area contributed by atoms with Crippen molar-refractivity contribution in [2.24, 2.45) is 5.92 Å². The molecule has 2 aromatic rings. The molecule has 0 aliphatic carbocycles. The number of aryl methyl sites for hydroxylation is 1. The summed E-state index contributed by atoms with van der Waals surface area (Å²) in [6.07, 6.45) is 1.66. The zero-order valence-electron chi connectivity index (χ0n) is 17.3. The molecule has 1 aliphatic rings. The second-order valence-corrected chi connectivity index (χ2v) is 7.95. The Morgan fingerprint density at radius 3 is 2.57 bits per heavy atom. The number of nitrogens with zero attached hydrogens (tertiary/aromatic N) is 4. The van der Waals surface area contributed by atoms with E-state index in [-0.39, 0.29) is 29.7 Å². The number of aromatic nitrogens is 2. The van der Waals surface area contributed by atoms with E-state index in [4.69, 9.17) is 4.52 Å². The van der Waals surface area contributed by atoms with Gasteiger partial charge in [-0.3, -0.25) is 9.69 Å². The quantitative estimate of drug-likeness (QED) is 0.779. The number of amides is 1. The van der Waals surface area contributed by atoms with Gasteiger partial charge in [-0.2, -0.15) is 4.98 Å². The molecule has 1 amide bonds. The lowest BCUT2D eigenvalue weighted by atomic mass is 9.94. The molecule has 28 heavy (non-hydrogen) atoms. The Kier molecular flexibility index (Phi) is 6.13. The lowest BCUT2D eigenvalue weighted by Crippen LogP contribution is -2.43. The van der Waals surface area contributed by atoms with Crippen molar-refractivity contribution in [3.8, 4) is 11.4 Å². The molecule has 1 atom stereocenters. The van der Waals surface area contributed by atoms with Crippen LogP contribution in [0.5, 0.6) is 0 Å². The Labute approximate surface area is 165 Å².